The van der Waals surface area contributed by atoms with E-state index in [-0.39, 0.29) is 4.90 Å². The van der Waals surface area contributed by atoms with E-state index in [0.29, 0.717) is 13.0 Å². The van der Waals surface area contributed by atoms with Gasteiger partial charge in [0.1, 0.15) is 4.90 Å². The molecule has 0 amide bonds. The van der Waals surface area contributed by atoms with Crippen LogP contribution in [0.4, 0.5) is 0 Å². The lowest BCUT2D eigenvalue weighted by molar-refractivity contribution is 0.581. The van der Waals surface area contributed by atoms with E-state index in [2.05, 4.69) is 19.9 Å². The Bertz CT molecular complexity index is 574. The smallest absolute Gasteiger partial charge is 0.243 e. The van der Waals surface area contributed by atoms with Gasteiger partial charge in [-0.05, 0) is 6.92 Å². The molecule has 0 aliphatic carbocycles. The molecule has 92 valence electrons. The summed E-state index contributed by atoms with van der Waals surface area (Å²) in [6.45, 7) is 2.25. The van der Waals surface area contributed by atoms with Gasteiger partial charge in [0.2, 0.25) is 10.0 Å². The van der Waals surface area contributed by atoms with E-state index in [0.717, 1.165) is 10.7 Å². The average molecular weight is 272 g/mol. The third-order valence-electron chi connectivity index (χ3n) is 2.12. The van der Waals surface area contributed by atoms with Crippen molar-refractivity contribution < 1.29 is 8.42 Å². The second-order valence-corrected chi connectivity index (χ2v) is 6.27. The summed E-state index contributed by atoms with van der Waals surface area (Å²) in [5.41, 5.74) is 0.905. The van der Waals surface area contributed by atoms with Crippen LogP contribution < -0.4 is 4.72 Å². The van der Waals surface area contributed by atoms with E-state index in [9.17, 15) is 8.42 Å². The predicted molar refractivity (Wildman–Crippen MR) is 64.3 cm³/mol. The van der Waals surface area contributed by atoms with Crippen molar-refractivity contribution >= 4 is 21.4 Å². The molecule has 0 fully saturated rings. The van der Waals surface area contributed by atoms with E-state index in [1.165, 1.54) is 12.4 Å². The van der Waals surface area contributed by atoms with E-state index in [1.807, 2.05) is 12.3 Å². The van der Waals surface area contributed by atoms with Gasteiger partial charge in [0.25, 0.3) is 0 Å². The van der Waals surface area contributed by atoms with Crippen LogP contribution in [-0.4, -0.2) is 30.1 Å². The number of aromatic nitrogens is 3. The third-order valence-corrected chi connectivity index (χ3v) is 4.37. The zero-order valence-electron chi connectivity index (χ0n) is 9.17. The number of aryl methyl sites for hydroxylation is 1. The average Bonchev–Trinajstić information content (AvgIpc) is 2.89. The molecular weight excluding hydrogens is 260 g/mol. The monoisotopic (exact) mass is 272 g/mol. The Labute approximate surface area is 103 Å². The molecular formula is C9H12N4O2S2. The molecule has 0 radical (unpaired) electrons. The summed E-state index contributed by atoms with van der Waals surface area (Å²) in [6, 6.07) is 0. The van der Waals surface area contributed by atoms with Crippen LogP contribution in [-0.2, 0) is 16.4 Å². The molecule has 2 aromatic rings. The Morgan fingerprint density at radius 1 is 1.53 bits per heavy atom. The summed E-state index contributed by atoms with van der Waals surface area (Å²) >= 11 is 1.56. The molecule has 0 aliphatic heterocycles. The topological polar surface area (TPSA) is 87.7 Å². The highest BCUT2D eigenvalue weighted by molar-refractivity contribution is 7.89. The van der Waals surface area contributed by atoms with Crippen molar-refractivity contribution in [3.05, 3.63) is 28.5 Å². The summed E-state index contributed by atoms with van der Waals surface area (Å²) in [4.78, 5) is 4.40. The minimum Gasteiger partial charge on any atom is -0.284 e. The number of nitrogens with zero attached hydrogens (tertiary/aromatic N) is 2. The van der Waals surface area contributed by atoms with Gasteiger partial charge in [0, 0.05) is 24.5 Å². The first-order valence-electron chi connectivity index (χ1n) is 4.97. The molecule has 0 spiro atoms. The Kier molecular flexibility index (Phi) is 3.55. The fraction of sp³-hybridized carbons (Fsp3) is 0.333. The third kappa shape index (κ3) is 3.11. The van der Waals surface area contributed by atoms with Crippen molar-refractivity contribution in [1.29, 1.82) is 0 Å². The molecule has 8 heteroatoms. The van der Waals surface area contributed by atoms with Gasteiger partial charge < -0.3 is 0 Å². The SMILES string of the molecule is Cc1nc(CCNS(=O)(=O)c2cn[nH]c2)cs1. The number of nitrogens with one attached hydrogen (secondary N) is 2. The van der Waals surface area contributed by atoms with Crippen molar-refractivity contribution in [1.82, 2.24) is 19.9 Å². The maximum Gasteiger partial charge on any atom is 0.243 e. The number of thiazole rings is 1. The highest BCUT2D eigenvalue weighted by atomic mass is 32.2. The Hall–Kier alpha value is -1.25. The van der Waals surface area contributed by atoms with Crippen LogP contribution in [0, 0.1) is 6.92 Å². The van der Waals surface area contributed by atoms with Crippen LogP contribution in [0.25, 0.3) is 0 Å². The molecule has 0 aromatic carbocycles. The minimum absolute atomic E-state index is 0.145. The second-order valence-electron chi connectivity index (χ2n) is 3.44. The van der Waals surface area contributed by atoms with Crippen molar-refractivity contribution in [2.24, 2.45) is 0 Å². The van der Waals surface area contributed by atoms with Crippen LogP contribution in [0.1, 0.15) is 10.7 Å². The molecule has 0 bridgehead atoms. The lowest BCUT2D eigenvalue weighted by Gasteiger charge is -2.02. The molecule has 0 saturated carbocycles. The Morgan fingerprint density at radius 3 is 2.94 bits per heavy atom. The van der Waals surface area contributed by atoms with Gasteiger partial charge in [-0.15, -0.1) is 11.3 Å². The predicted octanol–water partition coefficient (Wildman–Crippen LogP) is 0.696. The lowest BCUT2D eigenvalue weighted by atomic mass is 10.3. The molecule has 0 unspecified atom stereocenters. The first-order valence-corrected chi connectivity index (χ1v) is 7.34. The summed E-state index contributed by atoms with van der Waals surface area (Å²) in [7, 11) is -3.45. The molecule has 2 N–H and O–H groups in total. The van der Waals surface area contributed by atoms with Gasteiger partial charge in [-0.1, -0.05) is 0 Å². The molecule has 0 saturated heterocycles. The molecule has 0 atom stereocenters. The zero-order valence-corrected chi connectivity index (χ0v) is 10.8. The zero-order chi connectivity index (χ0) is 12.3. The number of hydrogen-bond acceptors (Lipinski definition) is 5. The Morgan fingerprint density at radius 2 is 2.35 bits per heavy atom. The van der Waals surface area contributed by atoms with E-state index in [1.54, 1.807) is 11.3 Å². The van der Waals surface area contributed by atoms with Crippen molar-refractivity contribution in [3.63, 3.8) is 0 Å². The van der Waals surface area contributed by atoms with Crippen molar-refractivity contribution in [3.8, 4) is 0 Å². The van der Waals surface area contributed by atoms with Gasteiger partial charge in [-0.25, -0.2) is 18.1 Å². The first kappa shape index (κ1) is 12.2. The summed E-state index contributed by atoms with van der Waals surface area (Å²) in [5, 5.41) is 8.99. The fourth-order valence-corrected chi connectivity index (χ4v) is 2.89. The van der Waals surface area contributed by atoms with Gasteiger partial charge in [0.15, 0.2) is 0 Å². The molecule has 2 aromatic heterocycles. The van der Waals surface area contributed by atoms with Crippen LogP contribution >= 0.6 is 11.3 Å². The van der Waals surface area contributed by atoms with Gasteiger partial charge in [0.05, 0.1) is 16.9 Å². The largest absolute Gasteiger partial charge is 0.284 e. The normalized spacial score (nSPS) is 11.8. The van der Waals surface area contributed by atoms with Gasteiger partial charge in [-0.3, -0.25) is 5.10 Å². The highest BCUT2D eigenvalue weighted by Crippen LogP contribution is 2.09. The summed E-state index contributed by atoms with van der Waals surface area (Å²) in [6.07, 6.45) is 3.20. The van der Waals surface area contributed by atoms with Crippen LogP contribution in [0.3, 0.4) is 0 Å². The molecule has 2 heterocycles. The quantitative estimate of drug-likeness (QED) is 0.838. The molecule has 2 rings (SSSR count). The Balaban J connectivity index is 1.91. The number of rotatable bonds is 5. The number of sulfonamides is 1. The standard InChI is InChI=1S/C9H12N4O2S2/c1-7-13-8(6-16-7)2-3-12-17(14,15)9-4-10-11-5-9/h4-6,12H,2-3H2,1H3,(H,10,11). The van der Waals surface area contributed by atoms with Crippen LogP contribution in [0.2, 0.25) is 0 Å². The molecule has 17 heavy (non-hydrogen) atoms. The molecule has 0 aliphatic rings. The first-order chi connectivity index (χ1) is 8.08. The number of aromatic amines is 1. The highest BCUT2D eigenvalue weighted by Gasteiger charge is 2.14. The lowest BCUT2D eigenvalue weighted by Crippen LogP contribution is -2.25. The number of hydrogen-bond donors (Lipinski definition) is 2. The van der Waals surface area contributed by atoms with Crippen molar-refractivity contribution in [2.45, 2.75) is 18.2 Å². The van der Waals surface area contributed by atoms with E-state index >= 15 is 0 Å². The summed E-state index contributed by atoms with van der Waals surface area (Å²) < 4.78 is 25.9. The maximum absolute atomic E-state index is 11.7. The number of H-pyrrole nitrogens is 1. The van der Waals surface area contributed by atoms with Gasteiger partial charge >= 0.3 is 0 Å². The fourth-order valence-electron chi connectivity index (χ4n) is 1.31. The van der Waals surface area contributed by atoms with Crippen molar-refractivity contribution in [2.75, 3.05) is 6.54 Å². The molecule has 6 nitrogen and oxygen atoms in total. The van der Waals surface area contributed by atoms with Crippen LogP contribution in [0.15, 0.2) is 22.7 Å². The second kappa shape index (κ2) is 4.94. The van der Waals surface area contributed by atoms with Gasteiger partial charge in [-0.2, -0.15) is 5.10 Å². The maximum atomic E-state index is 11.7. The van der Waals surface area contributed by atoms with E-state index in [4.69, 9.17) is 0 Å². The van der Waals surface area contributed by atoms with Crippen LogP contribution in [0.5, 0.6) is 0 Å². The summed E-state index contributed by atoms with van der Waals surface area (Å²) in [5.74, 6) is 0. The minimum atomic E-state index is -3.45. The van der Waals surface area contributed by atoms with E-state index < -0.39 is 10.0 Å².